The van der Waals surface area contributed by atoms with Crippen molar-refractivity contribution in [3.8, 4) is 0 Å². The zero-order valence-electron chi connectivity index (χ0n) is 7.78. The molecule has 16 heavy (non-hydrogen) atoms. The summed E-state index contributed by atoms with van der Waals surface area (Å²) in [5, 5.41) is 0. The predicted molar refractivity (Wildman–Crippen MR) is 75.7 cm³/mol. The topological polar surface area (TPSA) is 46.5 Å². The van der Waals surface area contributed by atoms with E-state index in [2.05, 4.69) is 2.55 Å². The van der Waals surface area contributed by atoms with Crippen LogP contribution in [-0.2, 0) is 10.0 Å². The molecule has 1 aromatic rings. The van der Waals surface area contributed by atoms with Gasteiger partial charge in [-0.2, -0.15) is 0 Å². The van der Waals surface area contributed by atoms with Crippen LogP contribution in [0.2, 0.25) is 0 Å². The van der Waals surface area contributed by atoms with Crippen molar-refractivity contribution in [2.45, 2.75) is 3.79 Å². The Kier molecular flexibility index (Phi) is 5.44. The van der Waals surface area contributed by atoms with E-state index in [1.54, 1.807) is 0 Å². The van der Waals surface area contributed by atoms with Gasteiger partial charge in [0.25, 0.3) is 10.0 Å². The third-order valence-corrected chi connectivity index (χ3v) is 6.94. The Morgan fingerprint density at radius 1 is 1.19 bits per heavy atom. The summed E-state index contributed by atoms with van der Waals surface area (Å²) in [6.45, 7) is 0. The molecule has 0 saturated carbocycles. The second-order valence-corrected chi connectivity index (χ2v) is 9.81. The van der Waals surface area contributed by atoms with Crippen molar-refractivity contribution < 1.29 is 8.42 Å². The van der Waals surface area contributed by atoms with Crippen LogP contribution in [0.15, 0.2) is 32.9 Å². The summed E-state index contributed by atoms with van der Waals surface area (Å²) in [6, 6.07) is 9.14. The van der Waals surface area contributed by atoms with Crippen LogP contribution in [0.3, 0.4) is 0 Å². The number of halogens is 4. The lowest BCUT2D eigenvalue weighted by Gasteiger charge is -2.07. The maximum absolute atomic E-state index is 11.4. The molecule has 0 aromatic heterocycles. The fraction of sp³-hybridized carbons (Fsp3) is 0.250. The smallest absolute Gasteiger partial charge is 0.204 e. The molecule has 3 nitrogen and oxygen atoms in total. The van der Waals surface area contributed by atoms with E-state index in [0.717, 1.165) is 3.57 Å². The number of nitrogens with zero attached hydrogens (tertiary/aromatic N) is 1. The molecular formula is C8H7Cl3INO2S. The van der Waals surface area contributed by atoms with E-state index in [4.69, 9.17) is 34.8 Å². The van der Waals surface area contributed by atoms with Crippen LogP contribution in [0, 0.1) is 3.57 Å². The highest BCUT2D eigenvalue weighted by Crippen LogP contribution is 2.29. The van der Waals surface area contributed by atoms with Crippen LogP contribution < -0.4 is 0 Å². The molecule has 1 aromatic carbocycles. The van der Waals surface area contributed by atoms with Gasteiger partial charge in [-0.25, -0.2) is 8.42 Å². The van der Waals surface area contributed by atoms with Crippen molar-refractivity contribution in [3.63, 3.8) is 0 Å². The Hall–Kier alpha value is 0.570. The quantitative estimate of drug-likeness (QED) is 0.559. The lowest BCUT2D eigenvalue weighted by Crippen LogP contribution is -2.17. The molecule has 0 atom stereocenters. The van der Waals surface area contributed by atoms with Crippen molar-refractivity contribution in [2.75, 3.05) is 5.75 Å². The van der Waals surface area contributed by atoms with E-state index >= 15 is 0 Å². The Labute approximate surface area is 119 Å². The van der Waals surface area contributed by atoms with Gasteiger partial charge in [-0.15, -0.1) is 2.55 Å². The van der Waals surface area contributed by atoms with Crippen LogP contribution in [0.4, 0.5) is 0 Å². The van der Waals surface area contributed by atoms with Crippen molar-refractivity contribution in [2.24, 2.45) is 2.55 Å². The first-order chi connectivity index (χ1) is 7.29. The van der Waals surface area contributed by atoms with Gasteiger partial charge in [-0.3, -0.25) is 0 Å². The van der Waals surface area contributed by atoms with Crippen molar-refractivity contribution in [1.29, 1.82) is 0 Å². The number of benzene rings is 1. The maximum Gasteiger partial charge on any atom is 0.262 e. The molecule has 1 rings (SSSR count). The first-order valence-electron chi connectivity index (χ1n) is 3.99. The third-order valence-electron chi connectivity index (χ3n) is 1.32. The van der Waals surface area contributed by atoms with E-state index in [-0.39, 0.29) is 0 Å². The molecule has 0 aliphatic carbocycles. The van der Waals surface area contributed by atoms with Crippen LogP contribution in [0.5, 0.6) is 0 Å². The van der Waals surface area contributed by atoms with Crippen LogP contribution in [-0.4, -0.2) is 18.0 Å². The molecule has 0 spiro atoms. The van der Waals surface area contributed by atoms with Gasteiger partial charge >= 0.3 is 0 Å². The molecule has 0 saturated heterocycles. The third kappa shape index (κ3) is 6.34. The second-order valence-electron chi connectivity index (χ2n) is 2.79. The van der Waals surface area contributed by atoms with E-state index in [1.807, 2.05) is 30.3 Å². The summed E-state index contributed by atoms with van der Waals surface area (Å²) in [5.41, 5.74) is 0. The van der Waals surface area contributed by atoms with Gasteiger partial charge in [0, 0.05) is 24.6 Å². The van der Waals surface area contributed by atoms with Gasteiger partial charge in [0.05, 0.1) is 0 Å². The first-order valence-corrected chi connectivity index (χ1v) is 8.78. The molecule has 0 fully saturated rings. The zero-order valence-corrected chi connectivity index (χ0v) is 13.0. The van der Waals surface area contributed by atoms with Crippen molar-refractivity contribution in [1.82, 2.24) is 0 Å². The van der Waals surface area contributed by atoms with Crippen LogP contribution in [0.25, 0.3) is 0 Å². The fourth-order valence-electron chi connectivity index (χ4n) is 0.795. The van der Waals surface area contributed by atoms with Gasteiger partial charge in [0.2, 0.25) is 3.79 Å². The summed E-state index contributed by atoms with van der Waals surface area (Å²) >= 11 is 15.3. The normalized spacial score (nSPS) is 13.7. The summed E-state index contributed by atoms with van der Waals surface area (Å²) in [6.07, 6.45) is 0. The Balaban J connectivity index is 2.78. The summed E-state index contributed by atoms with van der Waals surface area (Å²) in [7, 11) is -3.66. The van der Waals surface area contributed by atoms with E-state index < -0.39 is 40.6 Å². The number of hydrogen-bond acceptors (Lipinski definition) is 2. The Bertz CT molecular complexity index is 470. The Morgan fingerprint density at radius 3 is 2.25 bits per heavy atom. The molecule has 8 heteroatoms. The fourth-order valence-corrected chi connectivity index (χ4v) is 5.42. The molecule has 0 bridgehead atoms. The number of rotatable bonds is 3. The van der Waals surface area contributed by atoms with E-state index in [9.17, 15) is 8.42 Å². The van der Waals surface area contributed by atoms with Crippen LogP contribution in [0.1, 0.15) is 0 Å². The summed E-state index contributed by atoms with van der Waals surface area (Å²) in [4.78, 5) is 0. The maximum atomic E-state index is 11.4. The molecule has 0 heterocycles. The number of sulfonamides is 1. The van der Waals surface area contributed by atoms with E-state index in [1.165, 1.54) is 0 Å². The van der Waals surface area contributed by atoms with Crippen LogP contribution >= 0.6 is 55.8 Å². The number of alkyl halides is 3. The van der Waals surface area contributed by atoms with Gasteiger partial charge in [0.1, 0.15) is 5.75 Å². The molecule has 0 amide bonds. The van der Waals surface area contributed by atoms with Crippen molar-refractivity contribution >= 4 is 65.9 Å². The molecule has 90 valence electrons. The minimum Gasteiger partial charge on any atom is -0.204 e. The minimum atomic E-state index is -3.66. The van der Waals surface area contributed by atoms with Crippen molar-refractivity contribution in [3.05, 3.63) is 33.9 Å². The highest BCUT2D eigenvalue weighted by molar-refractivity contribution is 14.2. The highest BCUT2D eigenvalue weighted by atomic mass is 127. The zero-order chi connectivity index (χ0) is 12.2. The molecular weight excluding hydrogens is 407 g/mol. The van der Waals surface area contributed by atoms with Gasteiger partial charge in [-0.05, 0) is 12.1 Å². The monoisotopic (exact) mass is 413 g/mol. The molecule has 0 aliphatic heterocycles. The molecule has 0 radical (unpaired) electrons. The first kappa shape index (κ1) is 14.6. The molecule has 0 aliphatic rings. The molecule has 0 unspecified atom stereocenters. The second kappa shape index (κ2) is 5.95. The lowest BCUT2D eigenvalue weighted by atomic mass is 10.4. The summed E-state index contributed by atoms with van der Waals surface area (Å²) < 4.78 is 25.6. The number of hydrogen-bond donors (Lipinski definition) is 0. The molecule has 0 N–H and O–H groups in total. The lowest BCUT2D eigenvalue weighted by molar-refractivity contribution is 0.599. The minimum absolute atomic E-state index is 0.586. The van der Waals surface area contributed by atoms with Gasteiger partial charge in [-0.1, -0.05) is 53.0 Å². The van der Waals surface area contributed by atoms with Gasteiger partial charge < -0.3 is 0 Å². The predicted octanol–water partition coefficient (Wildman–Crippen LogP) is 3.71. The largest absolute Gasteiger partial charge is 0.262 e. The average Bonchev–Trinajstić information content (AvgIpc) is 2.13. The van der Waals surface area contributed by atoms with E-state index in [0.29, 0.717) is 0 Å². The Morgan fingerprint density at radius 2 is 1.75 bits per heavy atom. The SMILES string of the molecule is O=S(=O)(CC(Cl)(Cl)Cl)N=Ic1ccccc1. The highest BCUT2D eigenvalue weighted by Gasteiger charge is 2.28. The standard InChI is InChI=1S/C8H7Cl3INO2S/c9-8(10,11)6-16(14,15)13-12-7-4-2-1-3-5-7/h1-5H,6H2. The summed E-state index contributed by atoms with van der Waals surface area (Å²) in [5.74, 6) is -0.586. The van der Waals surface area contributed by atoms with Gasteiger partial charge in [0.15, 0.2) is 0 Å². The average molecular weight is 414 g/mol.